The molecule has 1 aromatic heterocycles. The molecule has 0 fully saturated rings. The SMILES string of the molecule is Cc1ccc(S(=O)(=O)NCCNC(=O)c2ccco2)c(Cl)c1. The monoisotopic (exact) mass is 342 g/mol. The number of carbonyl (C=O) groups excluding carboxylic acids is 1. The first kappa shape index (κ1) is 16.5. The highest BCUT2D eigenvalue weighted by Crippen LogP contribution is 2.21. The second kappa shape index (κ2) is 6.95. The molecule has 6 nitrogen and oxygen atoms in total. The van der Waals surface area contributed by atoms with Gasteiger partial charge < -0.3 is 9.73 Å². The van der Waals surface area contributed by atoms with Gasteiger partial charge in [0, 0.05) is 13.1 Å². The average molecular weight is 343 g/mol. The number of rotatable bonds is 6. The van der Waals surface area contributed by atoms with Crippen molar-refractivity contribution >= 4 is 27.5 Å². The van der Waals surface area contributed by atoms with Gasteiger partial charge in [-0.3, -0.25) is 4.79 Å². The first-order chi connectivity index (χ1) is 10.4. The van der Waals surface area contributed by atoms with Gasteiger partial charge in [-0.15, -0.1) is 0 Å². The second-order valence-corrected chi connectivity index (χ2v) is 6.71. The molecule has 2 rings (SSSR count). The van der Waals surface area contributed by atoms with Crippen molar-refractivity contribution in [3.63, 3.8) is 0 Å². The standard InChI is InChI=1S/C14H15ClN2O4S/c1-10-4-5-13(11(15)9-10)22(19,20)17-7-6-16-14(18)12-3-2-8-21-12/h2-5,8-9,17H,6-7H2,1H3,(H,16,18). The number of amides is 1. The van der Waals surface area contributed by atoms with E-state index in [1.54, 1.807) is 18.2 Å². The van der Waals surface area contributed by atoms with E-state index in [2.05, 4.69) is 10.0 Å². The molecule has 8 heteroatoms. The Kier molecular flexibility index (Phi) is 5.23. The molecule has 118 valence electrons. The summed E-state index contributed by atoms with van der Waals surface area (Å²) in [4.78, 5) is 11.6. The number of furan rings is 1. The summed E-state index contributed by atoms with van der Waals surface area (Å²) < 4.78 is 31.5. The maximum absolute atomic E-state index is 12.1. The van der Waals surface area contributed by atoms with Gasteiger partial charge in [-0.25, -0.2) is 13.1 Å². The minimum Gasteiger partial charge on any atom is -0.459 e. The number of halogens is 1. The molecule has 1 amide bonds. The molecule has 1 aromatic carbocycles. The van der Waals surface area contributed by atoms with Crippen LogP contribution in [-0.2, 0) is 10.0 Å². The van der Waals surface area contributed by atoms with Crippen LogP contribution in [0.3, 0.4) is 0 Å². The van der Waals surface area contributed by atoms with Gasteiger partial charge in [-0.05, 0) is 36.8 Å². The topological polar surface area (TPSA) is 88.4 Å². The van der Waals surface area contributed by atoms with Gasteiger partial charge in [-0.2, -0.15) is 0 Å². The molecule has 0 radical (unpaired) electrons. The normalized spacial score (nSPS) is 11.4. The number of hydrogen-bond donors (Lipinski definition) is 2. The summed E-state index contributed by atoms with van der Waals surface area (Å²) in [7, 11) is -3.72. The summed E-state index contributed by atoms with van der Waals surface area (Å²) in [5.74, 6) is -0.234. The summed E-state index contributed by atoms with van der Waals surface area (Å²) in [6.45, 7) is 1.99. The van der Waals surface area contributed by atoms with E-state index in [0.717, 1.165) is 5.56 Å². The van der Waals surface area contributed by atoms with Gasteiger partial charge in [-0.1, -0.05) is 17.7 Å². The zero-order valence-electron chi connectivity index (χ0n) is 11.8. The highest BCUT2D eigenvalue weighted by molar-refractivity contribution is 7.89. The molecule has 2 aromatic rings. The minimum absolute atomic E-state index is 0.0112. The highest BCUT2D eigenvalue weighted by Gasteiger charge is 2.17. The molecular weight excluding hydrogens is 328 g/mol. The van der Waals surface area contributed by atoms with Crippen molar-refractivity contribution in [1.29, 1.82) is 0 Å². The Morgan fingerprint density at radius 1 is 1.27 bits per heavy atom. The fraction of sp³-hybridized carbons (Fsp3) is 0.214. The molecule has 0 spiro atoms. The highest BCUT2D eigenvalue weighted by atomic mass is 35.5. The van der Waals surface area contributed by atoms with E-state index >= 15 is 0 Å². The molecule has 0 saturated heterocycles. The Labute approximate surface area is 133 Å². The average Bonchev–Trinajstić information content (AvgIpc) is 2.97. The fourth-order valence-corrected chi connectivity index (χ4v) is 3.39. The number of benzene rings is 1. The van der Waals surface area contributed by atoms with Crippen LogP contribution in [0.2, 0.25) is 5.02 Å². The number of nitrogens with one attached hydrogen (secondary N) is 2. The van der Waals surface area contributed by atoms with E-state index < -0.39 is 15.9 Å². The molecule has 0 bridgehead atoms. The lowest BCUT2D eigenvalue weighted by Gasteiger charge is -2.09. The Hall–Kier alpha value is -1.83. The summed E-state index contributed by atoms with van der Waals surface area (Å²) >= 11 is 5.94. The van der Waals surface area contributed by atoms with Crippen molar-refractivity contribution in [2.75, 3.05) is 13.1 Å². The van der Waals surface area contributed by atoms with E-state index in [1.165, 1.54) is 18.4 Å². The third-order valence-corrected chi connectivity index (χ3v) is 4.77. The molecule has 2 N–H and O–H groups in total. The van der Waals surface area contributed by atoms with Crippen molar-refractivity contribution in [3.8, 4) is 0 Å². The van der Waals surface area contributed by atoms with Crippen LogP contribution in [0, 0.1) is 6.92 Å². The van der Waals surface area contributed by atoms with Crippen molar-refractivity contribution in [1.82, 2.24) is 10.0 Å². The number of sulfonamides is 1. The number of carbonyl (C=O) groups is 1. The zero-order valence-corrected chi connectivity index (χ0v) is 13.4. The molecule has 0 aliphatic carbocycles. The van der Waals surface area contributed by atoms with Crippen LogP contribution in [0.4, 0.5) is 0 Å². The quantitative estimate of drug-likeness (QED) is 0.785. The third-order valence-electron chi connectivity index (χ3n) is 2.82. The van der Waals surface area contributed by atoms with Crippen LogP contribution < -0.4 is 10.0 Å². The van der Waals surface area contributed by atoms with Crippen LogP contribution in [0.1, 0.15) is 16.1 Å². The Morgan fingerprint density at radius 2 is 2.05 bits per heavy atom. The molecular formula is C14H15ClN2O4S. The van der Waals surface area contributed by atoms with Crippen LogP contribution in [0.25, 0.3) is 0 Å². The molecule has 0 aliphatic rings. The van der Waals surface area contributed by atoms with Crippen molar-refractivity contribution in [3.05, 3.63) is 52.9 Å². The zero-order chi connectivity index (χ0) is 16.2. The van der Waals surface area contributed by atoms with Crippen molar-refractivity contribution < 1.29 is 17.6 Å². The molecule has 22 heavy (non-hydrogen) atoms. The van der Waals surface area contributed by atoms with Gasteiger partial charge in [0.25, 0.3) is 5.91 Å². The minimum atomic E-state index is -3.72. The summed E-state index contributed by atoms with van der Waals surface area (Å²) in [6, 6.07) is 7.80. The Bertz CT molecular complexity index is 757. The smallest absolute Gasteiger partial charge is 0.287 e. The van der Waals surface area contributed by atoms with E-state index in [0.29, 0.717) is 0 Å². The van der Waals surface area contributed by atoms with Gasteiger partial charge in [0.1, 0.15) is 4.90 Å². The summed E-state index contributed by atoms with van der Waals surface area (Å²) in [5.41, 5.74) is 0.870. The molecule has 1 heterocycles. The van der Waals surface area contributed by atoms with Gasteiger partial charge in [0.05, 0.1) is 11.3 Å². The summed E-state index contributed by atoms with van der Waals surface area (Å²) in [5, 5.41) is 2.70. The van der Waals surface area contributed by atoms with Crippen LogP contribution >= 0.6 is 11.6 Å². The van der Waals surface area contributed by atoms with Gasteiger partial charge >= 0.3 is 0 Å². The summed E-state index contributed by atoms with van der Waals surface area (Å²) in [6.07, 6.45) is 1.39. The largest absolute Gasteiger partial charge is 0.459 e. The van der Waals surface area contributed by atoms with Crippen LogP contribution in [-0.4, -0.2) is 27.4 Å². The van der Waals surface area contributed by atoms with Crippen LogP contribution in [0.5, 0.6) is 0 Å². The lowest BCUT2D eigenvalue weighted by molar-refractivity contribution is 0.0926. The molecule has 0 atom stereocenters. The van der Waals surface area contributed by atoms with Crippen molar-refractivity contribution in [2.24, 2.45) is 0 Å². The van der Waals surface area contributed by atoms with Gasteiger partial charge in [0.2, 0.25) is 10.0 Å². The molecule has 0 aliphatic heterocycles. The second-order valence-electron chi connectivity index (χ2n) is 4.56. The van der Waals surface area contributed by atoms with Gasteiger partial charge in [0.15, 0.2) is 5.76 Å². The third kappa shape index (κ3) is 4.09. The number of hydrogen-bond acceptors (Lipinski definition) is 4. The van der Waals surface area contributed by atoms with E-state index in [-0.39, 0.29) is 28.8 Å². The fourth-order valence-electron chi connectivity index (χ4n) is 1.76. The maximum atomic E-state index is 12.1. The molecule has 0 saturated carbocycles. The lowest BCUT2D eigenvalue weighted by atomic mass is 10.2. The predicted octanol–water partition coefficient (Wildman–Crippen LogP) is 1.95. The van der Waals surface area contributed by atoms with E-state index in [4.69, 9.17) is 16.0 Å². The van der Waals surface area contributed by atoms with Crippen molar-refractivity contribution in [2.45, 2.75) is 11.8 Å². The van der Waals surface area contributed by atoms with Crippen LogP contribution in [0.15, 0.2) is 45.9 Å². The number of aryl methyl sites for hydroxylation is 1. The lowest BCUT2D eigenvalue weighted by Crippen LogP contribution is -2.34. The molecule has 0 unspecified atom stereocenters. The van der Waals surface area contributed by atoms with E-state index in [1.807, 2.05) is 6.92 Å². The Balaban J connectivity index is 1.89. The maximum Gasteiger partial charge on any atom is 0.287 e. The Morgan fingerprint density at radius 3 is 2.68 bits per heavy atom. The first-order valence-electron chi connectivity index (χ1n) is 6.47. The first-order valence-corrected chi connectivity index (χ1v) is 8.34. The predicted molar refractivity (Wildman–Crippen MR) is 82.4 cm³/mol. The van der Waals surface area contributed by atoms with E-state index in [9.17, 15) is 13.2 Å².